The molecule has 0 radical (unpaired) electrons. The van der Waals surface area contributed by atoms with Crippen molar-refractivity contribution in [1.29, 1.82) is 0 Å². The van der Waals surface area contributed by atoms with E-state index < -0.39 is 11.7 Å². The number of halogens is 3. The molecule has 1 aromatic carbocycles. The van der Waals surface area contributed by atoms with E-state index in [9.17, 15) is 13.2 Å². The molecule has 1 aliphatic rings. The van der Waals surface area contributed by atoms with E-state index in [-0.39, 0.29) is 0 Å². The molecule has 2 aromatic rings. The smallest absolute Gasteiger partial charge is 0.355 e. The van der Waals surface area contributed by atoms with Gasteiger partial charge < -0.3 is 10.2 Å². The van der Waals surface area contributed by atoms with E-state index in [1.165, 1.54) is 25.0 Å². The Hall–Kier alpha value is -2.08. The van der Waals surface area contributed by atoms with Gasteiger partial charge in [0.05, 0.1) is 5.56 Å². The van der Waals surface area contributed by atoms with Crippen LogP contribution in [0.25, 0.3) is 0 Å². The monoisotopic (exact) mass is 335 g/mol. The molecule has 24 heavy (non-hydrogen) atoms. The van der Waals surface area contributed by atoms with Crippen molar-refractivity contribution in [2.45, 2.75) is 38.1 Å². The third kappa shape index (κ3) is 4.47. The van der Waals surface area contributed by atoms with Gasteiger partial charge in [0.15, 0.2) is 0 Å². The van der Waals surface area contributed by atoms with Gasteiger partial charge in [0.25, 0.3) is 0 Å². The largest absolute Gasteiger partial charge is 0.416 e. The molecule has 0 unspecified atom stereocenters. The number of anilines is 1. The summed E-state index contributed by atoms with van der Waals surface area (Å²) in [5.74, 6) is 0.796. The summed E-state index contributed by atoms with van der Waals surface area (Å²) in [7, 11) is 1.88. The van der Waals surface area contributed by atoms with Crippen LogP contribution < -0.4 is 10.2 Å². The molecular formula is C18H20F3N3. The van der Waals surface area contributed by atoms with E-state index in [0.29, 0.717) is 12.6 Å². The summed E-state index contributed by atoms with van der Waals surface area (Å²) < 4.78 is 37.7. The second-order valence-corrected chi connectivity index (χ2v) is 6.23. The van der Waals surface area contributed by atoms with Crippen LogP contribution in [0.5, 0.6) is 0 Å². The Balaban J connectivity index is 1.58. The number of benzene rings is 1. The predicted molar refractivity (Wildman–Crippen MR) is 87.6 cm³/mol. The van der Waals surface area contributed by atoms with E-state index in [0.717, 1.165) is 35.6 Å². The van der Waals surface area contributed by atoms with Gasteiger partial charge in [-0.25, -0.2) is 4.98 Å². The first-order valence-electron chi connectivity index (χ1n) is 7.97. The Morgan fingerprint density at radius 1 is 1.08 bits per heavy atom. The third-order valence-corrected chi connectivity index (χ3v) is 4.07. The number of pyridine rings is 1. The van der Waals surface area contributed by atoms with Gasteiger partial charge >= 0.3 is 6.18 Å². The molecule has 0 amide bonds. The van der Waals surface area contributed by atoms with E-state index in [1.54, 1.807) is 0 Å². The Kier molecular flexibility index (Phi) is 4.76. The molecule has 1 aromatic heterocycles. The van der Waals surface area contributed by atoms with Gasteiger partial charge in [-0.15, -0.1) is 0 Å². The van der Waals surface area contributed by atoms with Crippen LogP contribution in [-0.4, -0.2) is 18.1 Å². The van der Waals surface area contributed by atoms with Crippen molar-refractivity contribution in [3.63, 3.8) is 0 Å². The zero-order chi connectivity index (χ0) is 17.2. The van der Waals surface area contributed by atoms with Crippen molar-refractivity contribution in [1.82, 2.24) is 10.3 Å². The molecule has 0 bridgehead atoms. The lowest BCUT2D eigenvalue weighted by atomic mass is 10.1. The Labute approximate surface area is 139 Å². The molecule has 1 saturated carbocycles. The number of alkyl halides is 3. The molecular weight excluding hydrogens is 315 g/mol. The van der Waals surface area contributed by atoms with Crippen LogP contribution in [-0.2, 0) is 19.3 Å². The quantitative estimate of drug-likeness (QED) is 0.865. The second kappa shape index (κ2) is 6.81. The van der Waals surface area contributed by atoms with E-state index in [2.05, 4.69) is 10.3 Å². The van der Waals surface area contributed by atoms with E-state index in [4.69, 9.17) is 0 Å². The molecule has 0 aliphatic heterocycles. The maximum absolute atomic E-state index is 12.6. The average molecular weight is 335 g/mol. The molecule has 3 rings (SSSR count). The van der Waals surface area contributed by atoms with Gasteiger partial charge in [-0.05, 0) is 42.2 Å². The van der Waals surface area contributed by atoms with Crippen LogP contribution in [0.1, 0.15) is 29.5 Å². The summed E-state index contributed by atoms with van der Waals surface area (Å²) in [5, 5.41) is 3.43. The number of nitrogens with zero attached hydrogens (tertiary/aromatic N) is 2. The molecule has 128 valence electrons. The fraction of sp³-hybridized carbons (Fsp3) is 0.389. The summed E-state index contributed by atoms with van der Waals surface area (Å²) in [6.07, 6.45) is 0.0487. The predicted octanol–water partition coefficient (Wildman–Crippen LogP) is 3.99. The van der Waals surface area contributed by atoms with Crippen molar-refractivity contribution < 1.29 is 13.2 Å². The Morgan fingerprint density at radius 3 is 2.29 bits per heavy atom. The first kappa shape index (κ1) is 16.8. The molecule has 1 aliphatic carbocycles. The fourth-order valence-electron chi connectivity index (χ4n) is 2.45. The highest BCUT2D eigenvalue weighted by molar-refractivity contribution is 5.40. The second-order valence-electron chi connectivity index (χ2n) is 6.23. The van der Waals surface area contributed by atoms with Gasteiger partial charge in [-0.2, -0.15) is 13.2 Å². The third-order valence-electron chi connectivity index (χ3n) is 4.07. The molecule has 3 nitrogen and oxygen atoms in total. The van der Waals surface area contributed by atoms with Crippen LogP contribution in [0.15, 0.2) is 42.6 Å². The Morgan fingerprint density at radius 2 is 1.75 bits per heavy atom. The normalized spacial score (nSPS) is 14.7. The van der Waals surface area contributed by atoms with Gasteiger partial charge in [0.2, 0.25) is 0 Å². The van der Waals surface area contributed by atoms with Crippen molar-refractivity contribution in [3.05, 3.63) is 59.3 Å². The van der Waals surface area contributed by atoms with Crippen LogP contribution in [0.2, 0.25) is 0 Å². The van der Waals surface area contributed by atoms with E-state index >= 15 is 0 Å². The van der Waals surface area contributed by atoms with Gasteiger partial charge in [-0.1, -0.05) is 18.2 Å². The maximum Gasteiger partial charge on any atom is 0.416 e. The van der Waals surface area contributed by atoms with Crippen LogP contribution in [0.4, 0.5) is 19.0 Å². The lowest BCUT2D eigenvalue weighted by Crippen LogP contribution is -2.19. The van der Waals surface area contributed by atoms with Gasteiger partial charge in [0, 0.05) is 32.4 Å². The highest BCUT2D eigenvalue weighted by Crippen LogP contribution is 2.29. The number of hydrogen-bond acceptors (Lipinski definition) is 3. The summed E-state index contributed by atoms with van der Waals surface area (Å²) in [5.41, 5.74) is 1.32. The standard InChI is InChI=1S/C18H20F3N3/c1-24(12-13-2-5-15(6-3-13)18(19,20)21)17-9-4-14(11-23-17)10-22-16-7-8-16/h2-6,9,11,16,22H,7-8,10,12H2,1H3. The summed E-state index contributed by atoms with van der Waals surface area (Å²) in [4.78, 5) is 6.35. The van der Waals surface area contributed by atoms with E-state index in [1.807, 2.05) is 30.3 Å². The number of aromatic nitrogens is 1. The molecule has 0 saturated heterocycles. The SMILES string of the molecule is CN(Cc1ccc(C(F)(F)F)cc1)c1ccc(CNC2CC2)cn1. The molecule has 6 heteroatoms. The van der Waals surface area contributed by atoms with Gasteiger partial charge in [-0.3, -0.25) is 0 Å². The highest BCUT2D eigenvalue weighted by atomic mass is 19.4. The summed E-state index contributed by atoms with van der Waals surface area (Å²) >= 11 is 0. The lowest BCUT2D eigenvalue weighted by molar-refractivity contribution is -0.137. The van der Waals surface area contributed by atoms with Crippen LogP contribution in [0.3, 0.4) is 0 Å². The number of nitrogens with one attached hydrogen (secondary N) is 1. The first-order valence-corrected chi connectivity index (χ1v) is 7.97. The lowest BCUT2D eigenvalue weighted by Gasteiger charge is -2.19. The minimum Gasteiger partial charge on any atom is -0.355 e. The van der Waals surface area contributed by atoms with Crippen molar-refractivity contribution in [2.75, 3.05) is 11.9 Å². The Bertz CT molecular complexity index is 661. The number of hydrogen-bond donors (Lipinski definition) is 1. The fourth-order valence-corrected chi connectivity index (χ4v) is 2.45. The van der Waals surface area contributed by atoms with Crippen LogP contribution >= 0.6 is 0 Å². The first-order chi connectivity index (χ1) is 11.4. The zero-order valence-electron chi connectivity index (χ0n) is 13.5. The zero-order valence-corrected chi connectivity index (χ0v) is 13.5. The van der Waals surface area contributed by atoms with Crippen molar-refractivity contribution >= 4 is 5.82 Å². The van der Waals surface area contributed by atoms with Crippen LogP contribution in [0, 0.1) is 0 Å². The average Bonchev–Trinajstić information content (AvgIpc) is 3.37. The molecule has 1 N–H and O–H groups in total. The van der Waals surface area contributed by atoms with Crippen molar-refractivity contribution in [3.8, 4) is 0 Å². The molecule has 0 spiro atoms. The minimum atomic E-state index is -4.30. The number of rotatable bonds is 6. The van der Waals surface area contributed by atoms with Crippen molar-refractivity contribution in [2.24, 2.45) is 0 Å². The highest BCUT2D eigenvalue weighted by Gasteiger charge is 2.29. The molecule has 1 fully saturated rings. The topological polar surface area (TPSA) is 28.2 Å². The summed E-state index contributed by atoms with van der Waals surface area (Å²) in [6.45, 7) is 1.32. The molecule has 0 atom stereocenters. The van der Waals surface area contributed by atoms with Gasteiger partial charge in [0.1, 0.15) is 5.82 Å². The maximum atomic E-state index is 12.6. The molecule has 1 heterocycles. The summed E-state index contributed by atoms with van der Waals surface area (Å²) in [6, 6.07) is 9.87. The minimum absolute atomic E-state index is 0.505.